The molecule has 0 bridgehead atoms. The smallest absolute Gasteiger partial charge is 0.321 e. The highest BCUT2D eigenvalue weighted by Gasteiger charge is 2.44. The Morgan fingerprint density at radius 2 is 1.78 bits per heavy atom. The van der Waals surface area contributed by atoms with Crippen LogP contribution in [0.4, 0.5) is 4.79 Å². The highest BCUT2D eigenvalue weighted by atomic mass is 35.5. The largest absolute Gasteiger partial charge is 0.455 e. The molecule has 1 aromatic carbocycles. The molecule has 1 aliphatic rings. The van der Waals surface area contributed by atoms with Crippen molar-refractivity contribution in [3.05, 3.63) is 34.9 Å². The molecule has 0 atom stereocenters. The molecule has 2 rings (SSSR count). The van der Waals surface area contributed by atoms with Gasteiger partial charge in [-0.1, -0.05) is 36.6 Å². The zero-order valence-corrected chi connectivity index (χ0v) is 13.6. The van der Waals surface area contributed by atoms with Crippen LogP contribution in [0.2, 0.25) is 5.02 Å². The summed E-state index contributed by atoms with van der Waals surface area (Å²) in [6, 6.07) is 6.48. The van der Waals surface area contributed by atoms with Crippen LogP contribution in [0.25, 0.3) is 0 Å². The van der Waals surface area contributed by atoms with E-state index in [2.05, 4.69) is 10.6 Å². The molecular weight excluding hydrogens is 320 g/mol. The lowest BCUT2D eigenvalue weighted by molar-refractivity contribution is -0.154. The minimum Gasteiger partial charge on any atom is -0.455 e. The van der Waals surface area contributed by atoms with Crippen molar-refractivity contribution in [1.29, 1.82) is 0 Å². The number of carbonyl (C=O) groups is 3. The van der Waals surface area contributed by atoms with Crippen molar-refractivity contribution >= 4 is 29.5 Å². The lowest BCUT2D eigenvalue weighted by Gasteiger charge is -2.27. The van der Waals surface area contributed by atoms with E-state index in [1.807, 2.05) is 12.1 Å². The van der Waals surface area contributed by atoms with E-state index in [0.29, 0.717) is 17.9 Å². The van der Waals surface area contributed by atoms with E-state index in [1.54, 1.807) is 12.1 Å². The molecule has 0 heterocycles. The van der Waals surface area contributed by atoms with Crippen LogP contribution in [0.1, 0.15) is 31.2 Å². The number of halogens is 1. The molecule has 1 aromatic rings. The minimum atomic E-state index is -0.738. The Hall–Kier alpha value is -2.08. The van der Waals surface area contributed by atoms with Gasteiger partial charge in [-0.25, -0.2) is 4.79 Å². The van der Waals surface area contributed by atoms with Gasteiger partial charge in [0.1, 0.15) is 0 Å². The van der Waals surface area contributed by atoms with Gasteiger partial charge >= 0.3 is 12.0 Å². The monoisotopic (exact) mass is 338 g/mol. The van der Waals surface area contributed by atoms with Crippen LogP contribution in [0.5, 0.6) is 0 Å². The fraction of sp³-hybridized carbons (Fsp3) is 0.438. The minimum absolute atomic E-state index is 0.440. The molecule has 0 radical (unpaired) electrons. The predicted molar refractivity (Wildman–Crippen MR) is 85.2 cm³/mol. The molecule has 2 N–H and O–H groups in total. The third-order valence-corrected chi connectivity index (χ3v) is 4.31. The Balaban J connectivity index is 2.06. The van der Waals surface area contributed by atoms with Gasteiger partial charge in [0, 0.05) is 12.1 Å². The highest BCUT2D eigenvalue weighted by Crippen LogP contribution is 2.42. The van der Waals surface area contributed by atoms with E-state index in [4.69, 9.17) is 16.3 Å². The van der Waals surface area contributed by atoms with Crippen LogP contribution in [0.15, 0.2) is 24.3 Å². The molecule has 124 valence electrons. The molecule has 3 amide bonds. The standard InChI is InChI=1S/C16H19ClN2O4/c1-18-15(22)19-13(20)10-23-14(21)16(8-2-3-9-16)11-4-6-12(17)7-5-11/h4-7H,2-3,8-10H2,1H3,(H2,18,19,20,22). The van der Waals surface area contributed by atoms with E-state index in [1.165, 1.54) is 7.05 Å². The second-order valence-corrected chi connectivity index (χ2v) is 5.94. The van der Waals surface area contributed by atoms with Crippen LogP contribution in [0.3, 0.4) is 0 Å². The van der Waals surface area contributed by atoms with Crippen LogP contribution in [0, 0.1) is 0 Å². The molecule has 1 aliphatic carbocycles. The molecule has 23 heavy (non-hydrogen) atoms. The number of hydrogen-bond acceptors (Lipinski definition) is 4. The first-order valence-electron chi connectivity index (χ1n) is 7.43. The van der Waals surface area contributed by atoms with Crippen LogP contribution >= 0.6 is 11.6 Å². The van der Waals surface area contributed by atoms with E-state index < -0.39 is 29.9 Å². The summed E-state index contributed by atoms with van der Waals surface area (Å²) in [5.74, 6) is -1.11. The summed E-state index contributed by atoms with van der Waals surface area (Å²) in [6.45, 7) is -0.485. The highest BCUT2D eigenvalue weighted by molar-refractivity contribution is 6.30. The first-order valence-corrected chi connectivity index (χ1v) is 7.80. The number of hydrogen-bond donors (Lipinski definition) is 2. The van der Waals surface area contributed by atoms with Crippen LogP contribution in [-0.4, -0.2) is 31.6 Å². The molecule has 0 aromatic heterocycles. The third-order valence-electron chi connectivity index (χ3n) is 4.06. The van der Waals surface area contributed by atoms with Gasteiger partial charge in [0.05, 0.1) is 5.41 Å². The summed E-state index contributed by atoms with van der Waals surface area (Å²) >= 11 is 5.90. The van der Waals surface area contributed by atoms with Gasteiger partial charge in [-0.05, 0) is 30.5 Å². The average molecular weight is 339 g/mol. The van der Waals surface area contributed by atoms with Gasteiger partial charge in [-0.15, -0.1) is 0 Å². The summed E-state index contributed by atoms with van der Waals surface area (Å²) < 4.78 is 5.16. The van der Waals surface area contributed by atoms with Crippen molar-refractivity contribution in [2.24, 2.45) is 0 Å². The second-order valence-electron chi connectivity index (χ2n) is 5.50. The van der Waals surface area contributed by atoms with E-state index in [-0.39, 0.29) is 0 Å². The number of amides is 3. The van der Waals surface area contributed by atoms with Crippen molar-refractivity contribution < 1.29 is 19.1 Å². The van der Waals surface area contributed by atoms with Crippen molar-refractivity contribution in [1.82, 2.24) is 10.6 Å². The Bertz CT molecular complexity index is 595. The first-order chi connectivity index (χ1) is 11.0. The van der Waals surface area contributed by atoms with E-state index >= 15 is 0 Å². The lowest BCUT2D eigenvalue weighted by atomic mass is 9.79. The van der Waals surface area contributed by atoms with Gasteiger partial charge in [0.15, 0.2) is 6.61 Å². The molecule has 1 saturated carbocycles. The maximum absolute atomic E-state index is 12.6. The Morgan fingerprint density at radius 3 is 2.35 bits per heavy atom. The molecule has 7 heteroatoms. The van der Waals surface area contributed by atoms with Crippen molar-refractivity contribution in [2.45, 2.75) is 31.1 Å². The summed E-state index contributed by atoms with van der Waals surface area (Å²) in [5.41, 5.74) is 0.105. The summed E-state index contributed by atoms with van der Waals surface area (Å²) in [5, 5.41) is 4.90. The SMILES string of the molecule is CNC(=O)NC(=O)COC(=O)C1(c2ccc(Cl)cc2)CCCC1. The molecule has 6 nitrogen and oxygen atoms in total. The van der Waals surface area contributed by atoms with Crippen molar-refractivity contribution in [3.63, 3.8) is 0 Å². The predicted octanol–water partition coefficient (Wildman–Crippen LogP) is 2.15. The number of esters is 1. The number of urea groups is 1. The molecule has 0 spiro atoms. The Morgan fingerprint density at radius 1 is 1.17 bits per heavy atom. The molecule has 1 fully saturated rings. The number of benzene rings is 1. The quantitative estimate of drug-likeness (QED) is 0.824. The number of carbonyl (C=O) groups excluding carboxylic acids is 3. The topological polar surface area (TPSA) is 84.5 Å². The van der Waals surface area contributed by atoms with E-state index in [9.17, 15) is 14.4 Å². The fourth-order valence-electron chi connectivity index (χ4n) is 2.85. The number of rotatable bonds is 4. The zero-order chi connectivity index (χ0) is 16.9. The maximum Gasteiger partial charge on any atom is 0.321 e. The van der Waals surface area contributed by atoms with Gasteiger partial charge in [-0.2, -0.15) is 0 Å². The average Bonchev–Trinajstić information content (AvgIpc) is 3.04. The maximum atomic E-state index is 12.6. The van der Waals surface area contributed by atoms with Gasteiger partial charge in [0.25, 0.3) is 5.91 Å². The summed E-state index contributed by atoms with van der Waals surface area (Å²) in [7, 11) is 1.39. The molecule has 0 aliphatic heterocycles. The first kappa shape index (κ1) is 17.3. The van der Waals surface area contributed by atoms with E-state index in [0.717, 1.165) is 18.4 Å². The Kier molecular flexibility index (Phi) is 5.60. The number of nitrogens with one attached hydrogen (secondary N) is 2. The van der Waals surface area contributed by atoms with Gasteiger partial charge in [0.2, 0.25) is 0 Å². The van der Waals surface area contributed by atoms with Crippen LogP contribution in [-0.2, 0) is 19.7 Å². The lowest BCUT2D eigenvalue weighted by Crippen LogP contribution is -2.41. The van der Waals surface area contributed by atoms with Crippen molar-refractivity contribution in [3.8, 4) is 0 Å². The molecular formula is C16H19ClN2O4. The van der Waals surface area contributed by atoms with Gasteiger partial charge in [-0.3, -0.25) is 14.9 Å². The van der Waals surface area contributed by atoms with Gasteiger partial charge < -0.3 is 10.1 Å². The summed E-state index contributed by atoms with van der Waals surface area (Å²) in [6.07, 6.45) is 3.18. The fourth-order valence-corrected chi connectivity index (χ4v) is 2.98. The molecule has 0 unspecified atom stereocenters. The second kappa shape index (κ2) is 7.46. The number of imide groups is 1. The Labute approximate surface area is 139 Å². The normalized spacial score (nSPS) is 15.7. The zero-order valence-electron chi connectivity index (χ0n) is 12.9. The number of ether oxygens (including phenoxy) is 1. The third kappa shape index (κ3) is 4.01. The van der Waals surface area contributed by atoms with Crippen LogP contribution < -0.4 is 10.6 Å². The van der Waals surface area contributed by atoms with Crippen molar-refractivity contribution in [2.75, 3.05) is 13.7 Å². The summed E-state index contributed by atoms with van der Waals surface area (Å²) in [4.78, 5) is 35.2. The molecule has 0 saturated heterocycles.